The Kier molecular flexibility index (Phi) is 4.77. The van der Waals surface area contributed by atoms with Crippen LogP contribution < -0.4 is 5.32 Å². The summed E-state index contributed by atoms with van der Waals surface area (Å²) in [5, 5.41) is 2.79. The first-order valence-electron chi connectivity index (χ1n) is 8.38. The molecule has 1 N–H and O–H groups in total. The summed E-state index contributed by atoms with van der Waals surface area (Å²) in [4.78, 5) is 39.9. The third kappa shape index (κ3) is 3.51. The highest BCUT2D eigenvalue weighted by Crippen LogP contribution is 2.47. The van der Waals surface area contributed by atoms with E-state index >= 15 is 0 Å². The number of hydrogen-bond acceptors (Lipinski definition) is 4. The highest BCUT2D eigenvalue weighted by Gasteiger charge is 2.53. The summed E-state index contributed by atoms with van der Waals surface area (Å²) in [6.07, 6.45) is 1.27. The predicted octanol–water partition coefficient (Wildman–Crippen LogP) is 1.85. The van der Waals surface area contributed by atoms with Gasteiger partial charge in [0, 0.05) is 24.9 Å². The summed E-state index contributed by atoms with van der Waals surface area (Å²) in [5.41, 5.74) is 1.82. The molecule has 2 atom stereocenters. The summed E-state index contributed by atoms with van der Waals surface area (Å²) in [6.45, 7) is 3.96. The molecule has 0 aromatic heterocycles. The summed E-state index contributed by atoms with van der Waals surface area (Å²) in [5.74, 6) is 0.195. The van der Waals surface area contributed by atoms with E-state index in [-0.39, 0.29) is 29.1 Å². The van der Waals surface area contributed by atoms with E-state index in [4.69, 9.17) is 0 Å². The molecule has 1 aromatic rings. The number of hydrogen-bond donors (Lipinski definition) is 1. The molecule has 3 amide bonds. The van der Waals surface area contributed by atoms with Crippen molar-refractivity contribution in [2.45, 2.75) is 37.6 Å². The molecule has 0 aliphatic carbocycles. The van der Waals surface area contributed by atoms with Crippen LogP contribution in [-0.2, 0) is 14.4 Å². The minimum atomic E-state index is -0.470. The molecule has 25 heavy (non-hydrogen) atoms. The standard InChI is InChI=1S/C18H23N3O3S/c1-12-4-6-13(7-5-12)19-15(22)10-20(3)17(24)14-11-25-18(2)9-8-16(23)21(14)18/h4-7,14H,8-11H2,1-3H3,(H,19,22)/t14-,18+/m0/s1. The summed E-state index contributed by atoms with van der Waals surface area (Å²) in [6, 6.07) is 7.02. The molecule has 2 saturated heterocycles. The number of anilines is 1. The molecule has 7 heteroatoms. The minimum Gasteiger partial charge on any atom is -0.335 e. The maximum Gasteiger partial charge on any atom is 0.246 e. The van der Waals surface area contributed by atoms with Crippen molar-refractivity contribution in [3.05, 3.63) is 29.8 Å². The summed E-state index contributed by atoms with van der Waals surface area (Å²) >= 11 is 1.65. The lowest BCUT2D eigenvalue weighted by Gasteiger charge is -2.31. The van der Waals surface area contributed by atoms with Crippen molar-refractivity contribution in [2.75, 3.05) is 24.7 Å². The van der Waals surface area contributed by atoms with Crippen LogP contribution in [0.15, 0.2) is 24.3 Å². The minimum absolute atomic E-state index is 0.0309. The van der Waals surface area contributed by atoms with E-state index in [0.717, 1.165) is 12.0 Å². The van der Waals surface area contributed by atoms with E-state index in [1.54, 1.807) is 23.7 Å². The van der Waals surface area contributed by atoms with Gasteiger partial charge in [-0.2, -0.15) is 0 Å². The van der Waals surface area contributed by atoms with Gasteiger partial charge in [-0.15, -0.1) is 11.8 Å². The molecule has 6 nitrogen and oxygen atoms in total. The van der Waals surface area contributed by atoms with Gasteiger partial charge in [0.05, 0.1) is 11.4 Å². The maximum atomic E-state index is 12.7. The van der Waals surface area contributed by atoms with Gasteiger partial charge >= 0.3 is 0 Å². The predicted molar refractivity (Wildman–Crippen MR) is 98.2 cm³/mol. The van der Waals surface area contributed by atoms with E-state index in [0.29, 0.717) is 17.9 Å². The Morgan fingerprint density at radius 2 is 2.04 bits per heavy atom. The highest BCUT2D eigenvalue weighted by atomic mass is 32.2. The first kappa shape index (κ1) is 17.8. The number of likely N-dealkylation sites (N-methyl/N-ethyl adjacent to an activating group) is 1. The lowest BCUT2D eigenvalue weighted by atomic mass is 10.2. The van der Waals surface area contributed by atoms with E-state index in [2.05, 4.69) is 5.32 Å². The second kappa shape index (κ2) is 6.71. The van der Waals surface area contributed by atoms with Gasteiger partial charge in [0.2, 0.25) is 17.7 Å². The zero-order valence-corrected chi connectivity index (χ0v) is 15.6. The number of carbonyl (C=O) groups is 3. The van der Waals surface area contributed by atoms with E-state index in [9.17, 15) is 14.4 Å². The quantitative estimate of drug-likeness (QED) is 0.889. The normalized spacial score (nSPS) is 25.0. The molecule has 2 heterocycles. The Morgan fingerprint density at radius 3 is 2.72 bits per heavy atom. The fourth-order valence-corrected chi connectivity index (χ4v) is 4.81. The van der Waals surface area contributed by atoms with Crippen LogP contribution in [0.4, 0.5) is 5.69 Å². The van der Waals surface area contributed by atoms with Gasteiger partial charge in [0.15, 0.2) is 0 Å². The topological polar surface area (TPSA) is 69.7 Å². The van der Waals surface area contributed by atoms with Gasteiger partial charge in [0.1, 0.15) is 6.04 Å². The van der Waals surface area contributed by atoms with Crippen LogP contribution in [0.1, 0.15) is 25.3 Å². The monoisotopic (exact) mass is 361 g/mol. The molecule has 2 aliphatic rings. The average molecular weight is 361 g/mol. The van der Waals surface area contributed by atoms with E-state index in [1.165, 1.54) is 4.90 Å². The number of benzene rings is 1. The molecule has 0 spiro atoms. The van der Waals surface area contributed by atoms with Crippen LogP contribution in [0.3, 0.4) is 0 Å². The Morgan fingerprint density at radius 1 is 1.36 bits per heavy atom. The Bertz CT molecular complexity index is 706. The van der Waals surface area contributed by atoms with Crippen molar-refractivity contribution >= 4 is 35.2 Å². The molecular weight excluding hydrogens is 338 g/mol. The van der Waals surface area contributed by atoms with Gasteiger partial charge in [-0.1, -0.05) is 17.7 Å². The molecule has 134 valence electrons. The third-order valence-electron chi connectivity index (χ3n) is 4.82. The number of thioether (sulfide) groups is 1. The van der Waals surface area contributed by atoms with Crippen LogP contribution in [0, 0.1) is 6.92 Å². The van der Waals surface area contributed by atoms with E-state index in [1.807, 2.05) is 38.1 Å². The number of nitrogens with one attached hydrogen (secondary N) is 1. The second-order valence-electron chi connectivity index (χ2n) is 6.87. The van der Waals surface area contributed by atoms with Gasteiger partial charge in [0.25, 0.3) is 0 Å². The van der Waals surface area contributed by atoms with Crippen LogP contribution in [0.25, 0.3) is 0 Å². The lowest BCUT2D eigenvalue weighted by Crippen LogP contribution is -2.51. The fraction of sp³-hybridized carbons (Fsp3) is 0.500. The third-order valence-corrected chi connectivity index (χ3v) is 6.33. The number of aryl methyl sites for hydroxylation is 1. The number of carbonyl (C=O) groups excluding carboxylic acids is 3. The van der Waals surface area contributed by atoms with Crippen LogP contribution in [0.5, 0.6) is 0 Å². The number of nitrogens with zero attached hydrogens (tertiary/aromatic N) is 2. The van der Waals surface area contributed by atoms with Crippen LogP contribution in [0.2, 0.25) is 0 Å². The maximum absolute atomic E-state index is 12.7. The molecule has 1 aromatic carbocycles. The van der Waals surface area contributed by atoms with Gasteiger partial charge in [-0.05, 0) is 32.4 Å². The van der Waals surface area contributed by atoms with Crippen LogP contribution in [-0.4, -0.2) is 57.8 Å². The Labute approximate surface area is 151 Å². The number of rotatable bonds is 4. The van der Waals surface area contributed by atoms with Crippen LogP contribution >= 0.6 is 11.8 Å². The van der Waals surface area contributed by atoms with Crippen molar-refractivity contribution in [1.29, 1.82) is 0 Å². The molecule has 0 radical (unpaired) electrons. The van der Waals surface area contributed by atoms with Crippen molar-refractivity contribution < 1.29 is 14.4 Å². The first-order chi connectivity index (χ1) is 11.8. The van der Waals surface area contributed by atoms with Crippen molar-refractivity contribution in [3.8, 4) is 0 Å². The molecule has 0 unspecified atom stereocenters. The highest BCUT2D eigenvalue weighted by molar-refractivity contribution is 8.01. The Balaban J connectivity index is 1.60. The van der Waals surface area contributed by atoms with Gasteiger partial charge < -0.3 is 15.1 Å². The molecular formula is C18H23N3O3S. The molecule has 0 saturated carbocycles. The summed E-state index contributed by atoms with van der Waals surface area (Å²) < 4.78 is 0. The largest absolute Gasteiger partial charge is 0.335 e. The number of amides is 3. The molecule has 0 bridgehead atoms. The Hall–Kier alpha value is -2.02. The van der Waals surface area contributed by atoms with Crippen molar-refractivity contribution in [2.24, 2.45) is 0 Å². The van der Waals surface area contributed by atoms with Gasteiger partial charge in [-0.25, -0.2) is 0 Å². The zero-order chi connectivity index (χ0) is 18.2. The number of fused-ring (bicyclic) bond motifs is 1. The fourth-order valence-electron chi connectivity index (χ4n) is 3.39. The van der Waals surface area contributed by atoms with E-state index < -0.39 is 6.04 Å². The van der Waals surface area contributed by atoms with Crippen molar-refractivity contribution in [3.63, 3.8) is 0 Å². The second-order valence-corrected chi connectivity index (χ2v) is 8.38. The molecule has 2 fully saturated rings. The van der Waals surface area contributed by atoms with Gasteiger partial charge in [-0.3, -0.25) is 14.4 Å². The SMILES string of the molecule is Cc1ccc(NC(=O)CN(C)C(=O)[C@@H]2CS[C@]3(C)CCC(=O)N23)cc1. The molecule has 2 aliphatic heterocycles. The lowest BCUT2D eigenvalue weighted by molar-refractivity contribution is -0.143. The first-order valence-corrected chi connectivity index (χ1v) is 9.36. The van der Waals surface area contributed by atoms with Crippen molar-refractivity contribution in [1.82, 2.24) is 9.80 Å². The molecule has 3 rings (SSSR count). The smallest absolute Gasteiger partial charge is 0.246 e. The zero-order valence-electron chi connectivity index (χ0n) is 14.7. The average Bonchev–Trinajstić information content (AvgIpc) is 3.05. The summed E-state index contributed by atoms with van der Waals surface area (Å²) in [7, 11) is 1.61.